The molecular weight excluding hydrogens is 134 g/mol. The molecule has 1 aliphatic heterocycles. The van der Waals surface area contributed by atoms with Gasteiger partial charge in [-0.05, 0) is 24.5 Å². The van der Waals surface area contributed by atoms with Crippen molar-refractivity contribution in [2.24, 2.45) is 5.92 Å². The lowest BCUT2D eigenvalue weighted by atomic mass is 10.0. The normalized spacial score (nSPS) is 17.1. The average Bonchev–Trinajstić information content (AvgIpc) is 2.13. The minimum atomic E-state index is 0.596. The Hall–Kier alpha value is -0.980. The molecule has 0 fully saturated rings. The van der Waals surface area contributed by atoms with E-state index in [1.165, 1.54) is 11.3 Å². The second kappa shape index (κ2) is 3.42. The maximum atomic E-state index is 3.21. The molecule has 0 aromatic rings. The van der Waals surface area contributed by atoms with E-state index in [-0.39, 0.29) is 0 Å². The van der Waals surface area contributed by atoms with E-state index in [1.54, 1.807) is 0 Å². The molecule has 0 saturated carbocycles. The number of allylic oxidation sites excluding steroid dienone is 5. The molecule has 1 rings (SSSR count). The SMILES string of the molecule is CC1=C(C(C)C)C=CC=CN1. The summed E-state index contributed by atoms with van der Waals surface area (Å²) in [7, 11) is 0. The van der Waals surface area contributed by atoms with Crippen LogP contribution in [0.4, 0.5) is 0 Å². The first-order chi connectivity index (χ1) is 5.22. The van der Waals surface area contributed by atoms with E-state index in [2.05, 4.69) is 38.2 Å². The Labute approximate surface area is 68.5 Å². The van der Waals surface area contributed by atoms with Gasteiger partial charge in [0, 0.05) is 11.9 Å². The molecule has 1 N–H and O–H groups in total. The largest absolute Gasteiger partial charge is 0.365 e. The predicted molar refractivity (Wildman–Crippen MR) is 49.0 cm³/mol. The molecule has 0 saturated heterocycles. The molecule has 0 bridgehead atoms. The third kappa shape index (κ3) is 1.97. The number of hydrogen-bond acceptors (Lipinski definition) is 1. The highest BCUT2D eigenvalue weighted by Gasteiger charge is 2.03. The average molecular weight is 149 g/mol. The van der Waals surface area contributed by atoms with Crippen LogP contribution in [0.1, 0.15) is 20.8 Å². The van der Waals surface area contributed by atoms with E-state index in [1.807, 2.05) is 12.3 Å². The second-order valence-corrected chi connectivity index (χ2v) is 3.10. The van der Waals surface area contributed by atoms with Gasteiger partial charge in [0.1, 0.15) is 0 Å². The van der Waals surface area contributed by atoms with Gasteiger partial charge in [0.15, 0.2) is 0 Å². The minimum absolute atomic E-state index is 0.596. The smallest absolute Gasteiger partial charge is 0.0150 e. The predicted octanol–water partition coefficient (Wildman–Crippen LogP) is 2.59. The van der Waals surface area contributed by atoms with Crippen molar-refractivity contribution >= 4 is 0 Å². The van der Waals surface area contributed by atoms with Crippen LogP contribution < -0.4 is 5.32 Å². The van der Waals surface area contributed by atoms with Gasteiger partial charge in [-0.25, -0.2) is 0 Å². The summed E-state index contributed by atoms with van der Waals surface area (Å²) in [5.74, 6) is 0.596. The lowest BCUT2D eigenvalue weighted by Gasteiger charge is -2.10. The fourth-order valence-electron chi connectivity index (χ4n) is 1.22. The van der Waals surface area contributed by atoms with Crippen molar-refractivity contribution in [2.75, 3.05) is 0 Å². The van der Waals surface area contributed by atoms with Gasteiger partial charge in [-0.15, -0.1) is 0 Å². The van der Waals surface area contributed by atoms with Crippen molar-refractivity contribution in [2.45, 2.75) is 20.8 Å². The monoisotopic (exact) mass is 149 g/mol. The van der Waals surface area contributed by atoms with Gasteiger partial charge < -0.3 is 5.32 Å². The quantitative estimate of drug-likeness (QED) is 0.604. The standard InChI is InChI=1S/C10H15N/c1-8(2)10-6-4-5-7-11-9(10)3/h4-8,11H,1-3H3. The first-order valence-electron chi connectivity index (χ1n) is 4.02. The Balaban J connectivity index is 2.89. The van der Waals surface area contributed by atoms with Gasteiger partial charge in [0.2, 0.25) is 0 Å². The van der Waals surface area contributed by atoms with E-state index >= 15 is 0 Å². The fourth-order valence-corrected chi connectivity index (χ4v) is 1.22. The Bertz CT molecular complexity index is 219. The van der Waals surface area contributed by atoms with Crippen LogP contribution in [0.5, 0.6) is 0 Å². The summed E-state index contributed by atoms with van der Waals surface area (Å²) in [4.78, 5) is 0. The molecule has 0 aromatic heterocycles. The fraction of sp³-hybridized carbons (Fsp3) is 0.400. The summed E-state index contributed by atoms with van der Waals surface area (Å²) in [6, 6.07) is 0. The Morgan fingerprint density at radius 1 is 1.27 bits per heavy atom. The maximum absolute atomic E-state index is 3.21. The summed E-state index contributed by atoms with van der Waals surface area (Å²) in [6.45, 7) is 6.52. The van der Waals surface area contributed by atoms with Crippen LogP contribution in [0.25, 0.3) is 0 Å². The first kappa shape index (κ1) is 8.12. The highest BCUT2D eigenvalue weighted by Crippen LogP contribution is 2.15. The van der Waals surface area contributed by atoms with Crippen molar-refractivity contribution < 1.29 is 0 Å². The van der Waals surface area contributed by atoms with Crippen LogP contribution >= 0.6 is 0 Å². The van der Waals surface area contributed by atoms with Gasteiger partial charge in [-0.1, -0.05) is 26.0 Å². The Morgan fingerprint density at radius 3 is 2.64 bits per heavy atom. The molecule has 1 aliphatic rings. The summed E-state index contributed by atoms with van der Waals surface area (Å²) in [6.07, 6.45) is 8.20. The molecule has 0 unspecified atom stereocenters. The van der Waals surface area contributed by atoms with Crippen molar-refractivity contribution in [1.82, 2.24) is 5.32 Å². The van der Waals surface area contributed by atoms with Crippen molar-refractivity contribution in [3.8, 4) is 0 Å². The zero-order valence-electron chi connectivity index (χ0n) is 7.39. The van der Waals surface area contributed by atoms with Gasteiger partial charge in [0.25, 0.3) is 0 Å². The first-order valence-corrected chi connectivity index (χ1v) is 4.02. The topological polar surface area (TPSA) is 12.0 Å². The molecule has 0 atom stereocenters. The van der Waals surface area contributed by atoms with Gasteiger partial charge in [0.05, 0.1) is 0 Å². The maximum Gasteiger partial charge on any atom is 0.0150 e. The zero-order chi connectivity index (χ0) is 8.27. The molecule has 0 aromatic carbocycles. The van der Waals surface area contributed by atoms with E-state index in [0.717, 1.165) is 0 Å². The van der Waals surface area contributed by atoms with Crippen molar-refractivity contribution in [3.05, 3.63) is 35.7 Å². The lowest BCUT2D eigenvalue weighted by molar-refractivity contribution is 0.768. The molecule has 1 heteroatoms. The summed E-state index contributed by atoms with van der Waals surface area (Å²) >= 11 is 0. The minimum Gasteiger partial charge on any atom is -0.365 e. The van der Waals surface area contributed by atoms with Gasteiger partial charge in [-0.2, -0.15) is 0 Å². The molecule has 60 valence electrons. The zero-order valence-corrected chi connectivity index (χ0v) is 7.39. The van der Waals surface area contributed by atoms with Crippen LogP contribution in [0.15, 0.2) is 35.7 Å². The number of hydrogen-bond donors (Lipinski definition) is 1. The van der Waals surface area contributed by atoms with Crippen LogP contribution in [-0.2, 0) is 0 Å². The van der Waals surface area contributed by atoms with Crippen molar-refractivity contribution in [1.29, 1.82) is 0 Å². The van der Waals surface area contributed by atoms with Crippen LogP contribution in [-0.4, -0.2) is 0 Å². The molecular formula is C10H15N. The molecule has 11 heavy (non-hydrogen) atoms. The molecule has 1 nitrogen and oxygen atoms in total. The van der Waals surface area contributed by atoms with Crippen molar-refractivity contribution in [3.63, 3.8) is 0 Å². The lowest BCUT2D eigenvalue weighted by Crippen LogP contribution is -2.05. The highest BCUT2D eigenvalue weighted by atomic mass is 14.8. The summed E-state index contributed by atoms with van der Waals surface area (Å²) in [5.41, 5.74) is 2.64. The highest BCUT2D eigenvalue weighted by molar-refractivity contribution is 5.31. The summed E-state index contributed by atoms with van der Waals surface area (Å²) in [5, 5.41) is 3.21. The van der Waals surface area contributed by atoms with Crippen LogP contribution in [0, 0.1) is 5.92 Å². The van der Waals surface area contributed by atoms with Gasteiger partial charge in [-0.3, -0.25) is 0 Å². The number of nitrogens with one attached hydrogen (secondary N) is 1. The van der Waals surface area contributed by atoms with Crippen LogP contribution in [0.3, 0.4) is 0 Å². The third-order valence-electron chi connectivity index (χ3n) is 1.84. The molecule has 1 heterocycles. The Morgan fingerprint density at radius 2 is 2.00 bits per heavy atom. The van der Waals surface area contributed by atoms with Crippen LogP contribution in [0.2, 0.25) is 0 Å². The second-order valence-electron chi connectivity index (χ2n) is 3.10. The Kier molecular flexibility index (Phi) is 2.53. The molecule has 0 radical (unpaired) electrons. The third-order valence-corrected chi connectivity index (χ3v) is 1.84. The number of rotatable bonds is 1. The van der Waals surface area contributed by atoms with E-state index in [4.69, 9.17) is 0 Å². The van der Waals surface area contributed by atoms with E-state index < -0.39 is 0 Å². The molecule has 0 spiro atoms. The summed E-state index contributed by atoms with van der Waals surface area (Å²) < 4.78 is 0. The van der Waals surface area contributed by atoms with E-state index in [0.29, 0.717) is 5.92 Å². The molecule has 0 amide bonds. The van der Waals surface area contributed by atoms with E-state index in [9.17, 15) is 0 Å². The van der Waals surface area contributed by atoms with Gasteiger partial charge >= 0.3 is 0 Å². The molecule has 0 aliphatic carbocycles.